The summed E-state index contributed by atoms with van der Waals surface area (Å²) in [4.78, 5) is 28.0. The zero-order valence-electron chi connectivity index (χ0n) is 15.8. The molecule has 140 valence electrons. The van der Waals surface area contributed by atoms with Crippen molar-refractivity contribution in [3.8, 4) is 0 Å². The number of aromatic nitrogens is 1. The first-order valence-electron chi connectivity index (χ1n) is 9.09. The maximum absolute atomic E-state index is 12.8. The number of hydrogen-bond donors (Lipinski definition) is 2. The third kappa shape index (κ3) is 4.37. The van der Waals surface area contributed by atoms with Crippen LogP contribution in [-0.4, -0.2) is 23.5 Å². The van der Waals surface area contributed by atoms with Gasteiger partial charge in [0.25, 0.3) is 5.91 Å². The number of benzene rings is 2. The van der Waals surface area contributed by atoms with E-state index >= 15 is 0 Å². The zero-order valence-corrected chi connectivity index (χ0v) is 15.8. The van der Waals surface area contributed by atoms with Crippen LogP contribution in [0, 0.1) is 13.8 Å². The summed E-state index contributed by atoms with van der Waals surface area (Å²) in [6, 6.07) is 15.0. The second kappa shape index (κ2) is 8.08. The van der Waals surface area contributed by atoms with Gasteiger partial charge in [-0.1, -0.05) is 36.4 Å². The second-order valence-electron chi connectivity index (χ2n) is 6.67. The number of ether oxygens (including phenoxy) is 1. The summed E-state index contributed by atoms with van der Waals surface area (Å²) < 4.78 is 5.06. The van der Waals surface area contributed by atoms with Gasteiger partial charge in [0, 0.05) is 10.9 Å². The van der Waals surface area contributed by atoms with E-state index in [9.17, 15) is 9.59 Å². The lowest BCUT2D eigenvalue weighted by Crippen LogP contribution is -2.30. The SMILES string of the molecule is CCOC(=O)CC(NC(=O)c1cc2c(C)cc(C)cc2[nH]1)c1ccccc1. The van der Waals surface area contributed by atoms with Crippen molar-refractivity contribution in [2.75, 3.05) is 6.61 Å². The van der Waals surface area contributed by atoms with Gasteiger partial charge in [-0.15, -0.1) is 0 Å². The maximum atomic E-state index is 12.8. The molecule has 2 aromatic carbocycles. The van der Waals surface area contributed by atoms with Crippen molar-refractivity contribution in [1.29, 1.82) is 0 Å². The van der Waals surface area contributed by atoms with Crippen LogP contribution < -0.4 is 5.32 Å². The molecule has 1 heterocycles. The number of aromatic amines is 1. The molecular weight excluding hydrogens is 340 g/mol. The molecule has 0 aliphatic heterocycles. The number of rotatable bonds is 6. The third-order valence-corrected chi connectivity index (χ3v) is 4.52. The molecule has 0 bridgehead atoms. The Morgan fingerprint density at radius 1 is 1.11 bits per heavy atom. The number of aryl methyl sites for hydroxylation is 2. The molecule has 1 atom stereocenters. The van der Waals surface area contributed by atoms with Crippen LogP contribution in [0.25, 0.3) is 10.9 Å². The smallest absolute Gasteiger partial charge is 0.308 e. The highest BCUT2D eigenvalue weighted by atomic mass is 16.5. The summed E-state index contributed by atoms with van der Waals surface area (Å²) in [7, 11) is 0. The molecule has 0 fully saturated rings. The molecule has 5 heteroatoms. The molecule has 0 saturated heterocycles. The van der Waals surface area contributed by atoms with Crippen molar-refractivity contribution in [3.63, 3.8) is 0 Å². The molecule has 0 radical (unpaired) electrons. The summed E-state index contributed by atoms with van der Waals surface area (Å²) in [6.07, 6.45) is 0.0853. The highest BCUT2D eigenvalue weighted by Gasteiger charge is 2.21. The highest BCUT2D eigenvalue weighted by Crippen LogP contribution is 2.23. The number of carbonyl (C=O) groups is 2. The second-order valence-corrected chi connectivity index (χ2v) is 6.67. The summed E-state index contributed by atoms with van der Waals surface area (Å²) in [6.45, 7) is 6.13. The average molecular weight is 364 g/mol. The molecule has 27 heavy (non-hydrogen) atoms. The predicted octanol–water partition coefficient (Wildman–Crippen LogP) is 4.21. The number of H-pyrrole nitrogens is 1. The first-order valence-corrected chi connectivity index (χ1v) is 9.09. The fourth-order valence-electron chi connectivity index (χ4n) is 3.28. The van der Waals surface area contributed by atoms with E-state index in [1.807, 2.05) is 56.3 Å². The zero-order chi connectivity index (χ0) is 19.4. The van der Waals surface area contributed by atoms with Crippen molar-refractivity contribution in [2.24, 2.45) is 0 Å². The lowest BCUT2D eigenvalue weighted by atomic mass is 10.0. The first kappa shape index (κ1) is 18.7. The fraction of sp³-hybridized carbons (Fsp3) is 0.273. The summed E-state index contributed by atoms with van der Waals surface area (Å²) in [5.74, 6) is -0.587. The van der Waals surface area contributed by atoms with E-state index < -0.39 is 6.04 Å². The molecule has 1 aromatic heterocycles. The standard InChI is InChI=1S/C22H24N2O3/c1-4-27-21(25)13-18(16-8-6-5-7-9-16)24-22(26)20-12-17-15(3)10-14(2)11-19(17)23-20/h5-12,18,23H,4,13H2,1-3H3,(H,24,26). The number of amides is 1. The van der Waals surface area contributed by atoms with Crippen LogP contribution in [0.1, 0.15) is 46.6 Å². The molecule has 2 N–H and O–H groups in total. The van der Waals surface area contributed by atoms with Crippen molar-refractivity contribution in [1.82, 2.24) is 10.3 Å². The Labute approximate surface area is 158 Å². The Bertz CT molecular complexity index is 960. The van der Waals surface area contributed by atoms with Gasteiger partial charge < -0.3 is 15.0 Å². The molecule has 0 aliphatic rings. The molecule has 0 spiro atoms. The highest BCUT2D eigenvalue weighted by molar-refractivity contribution is 5.99. The molecule has 3 rings (SSSR count). The van der Waals surface area contributed by atoms with Gasteiger partial charge in [-0.3, -0.25) is 9.59 Å². The molecule has 5 nitrogen and oxygen atoms in total. The maximum Gasteiger partial charge on any atom is 0.308 e. The topological polar surface area (TPSA) is 71.2 Å². The molecular formula is C22H24N2O3. The van der Waals surface area contributed by atoms with Crippen molar-refractivity contribution in [3.05, 3.63) is 70.9 Å². The minimum atomic E-state index is -0.452. The van der Waals surface area contributed by atoms with Gasteiger partial charge in [0.05, 0.1) is 19.1 Å². The van der Waals surface area contributed by atoms with E-state index in [2.05, 4.69) is 16.4 Å². The summed E-state index contributed by atoms with van der Waals surface area (Å²) in [5.41, 5.74) is 4.52. The fourth-order valence-corrected chi connectivity index (χ4v) is 3.28. The number of nitrogens with one attached hydrogen (secondary N) is 2. The lowest BCUT2D eigenvalue weighted by Gasteiger charge is -2.18. The number of carbonyl (C=O) groups excluding carboxylic acids is 2. The van der Waals surface area contributed by atoms with Gasteiger partial charge in [-0.2, -0.15) is 0 Å². The van der Waals surface area contributed by atoms with Crippen molar-refractivity contribution in [2.45, 2.75) is 33.2 Å². The quantitative estimate of drug-likeness (QED) is 0.644. The Hall–Kier alpha value is -3.08. The van der Waals surface area contributed by atoms with Crippen LogP contribution in [0.4, 0.5) is 0 Å². The Morgan fingerprint density at radius 2 is 1.85 bits per heavy atom. The minimum Gasteiger partial charge on any atom is -0.466 e. The van der Waals surface area contributed by atoms with E-state index in [0.29, 0.717) is 12.3 Å². The van der Waals surface area contributed by atoms with Crippen LogP contribution in [0.5, 0.6) is 0 Å². The van der Waals surface area contributed by atoms with Gasteiger partial charge in [0.15, 0.2) is 0 Å². The van der Waals surface area contributed by atoms with Crippen LogP contribution >= 0.6 is 0 Å². The van der Waals surface area contributed by atoms with Crippen LogP contribution in [0.3, 0.4) is 0 Å². The Kier molecular flexibility index (Phi) is 5.60. The minimum absolute atomic E-state index is 0.0853. The largest absolute Gasteiger partial charge is 0.466 e. The normalized spacial score (nSPS) is 12.0. The van der Waals surface area contributed by atoms with Crippen LogP contribution in [0.2, 0.25) is 0 Å². The van der Waals surface area contributed by atoms with E-state index in [1.165, 1.54) is 0 Å². The van der Waals surface area contributed by atoms with Crippen molar-refractivity contribution >= 4 is 22.8 Å². The Balaban J connectivity index is 1.85. The average Bonchev–Trinajstić information content (AvgIpc) is 3.06. The summed E-state index contributed by atoms with van der Waals surface area (Å²) >= 11 is 0. The molecule has 0 aliphatic carbocycles. The van der Waals surface area contributed by atoms with Gasteiger partial charge in [-0.05, 0) is 49.6 Å². The van der Waals surface area contributed by atoms with Crippen molar-refractivity contribution < 1.29 is 14.3 Å². The first-order chi connectivity index (χ1) is 13.0. The molecule has 1 unspecified atom stereocenters. The van der Waals surface area contributed by atoms with E-state index in [-0.39, 0.29) is 18.3 Å². The number of hydrogen-bond acceptors (Lipinski definition) is 3. The van der Waals surface area contributed by atoms with E-state index in [0.717, 1.165) is 27.6 Å². The molecule has 0 saturated carbocycles. The summed E-state index contributed by atoms with van der Waals surface area (Å²) in [5, 5.41) is 3.98. The van der Waals surface area contributed by atoms with Gasteiger partial charge in [0.2, 0.25) is 0 Å². The van der Waals surface area contributed by atoms with Gasteiger partial charge in [-0.25, -0.2) is 0 Å². The third-order valence-electron chi connectivity index (χ3n) is 4.52. The van der Waals surface area contributed by atoms with E-state index in [1.54, 1.807) is 6.92 Å². The van der Waals surface area contributed by atoms with Gasteiger partial charge in [0.1, 0.15) is 5.69 Å². The predicted molar refractivity (Wildman–Crippen MR) is 106 cm³/mol. The number of esters is 1. The molecule has 3 aromatic rings. The molecule has 1 amide bonds. The van der Waals surface area contributed by atoms with Gasteiger partial charge >= 0.3 is 5.97 Å². The number of fused-ring (bicyclic) bond motifs is 1. The van der Waals surface area contributed by atoms with E-state index in [4.69, 9.17) is 4.74 Å². The van der Waals surface area contributed by atoms with Crippen LogP contribution in [-0.2, 0) is 9.53 Å². The van der Waals surface area contributed by atoms with Crippen LogP contribution in [0.15, 0.2) is 48.5 Å². The monoisotopic (exact) mass is 364 g/mol. The Morgan fingerprint density at radius 3 is 2.56 bits per heavy atom. The lowest BCUT2D eigenvalue weighted by molar-refractivity contribution is -0.143.